The molecule has 0 bridgehead atoms. The van der Waals surface area contributed by atoms with E-state index in [9.17, 15) is 13.2 Å². The van der Waals surface area contributed by atoms with E-state index in [0.717, 1.165) is 0 Å². The largest absolute Gasteiger partial charge is 0.484 e. The van der Waals surface area contributed by atoms with Gasteiger partial charge in [0.2, 0.25) is 10.0 Å². The molecule has 168 valence electrons. The summed E-state index contributed by atoms with van der Waals surface area (Å²) >= 11 is 0. The summed E-state index contributed by atoms with van der Waals surface area (Å²) in [5.74, 6) is 0.311. The molecule has 1 amide bonds. The highest BCUT2D eigenvalue weighted by molar-refractivity contribution is 7.89. The standard InChI is InChI=1S/C23H31N3O4S/c1-23(2,3)18-5-9-20(10-6-18)30-17-22(27)24-19-7-11-21(12-8-19)31(28,29)26-15-13-25(4)14-16-26/h5-12H,13-17H2,1-4H3,(H,24,27). The number of hydrogen-bond acceptors (Lipinski definition) is 5. The van der Waals surface area contributed by atoms with E-state index < -0.39 is 10.0 Å². The average molecular weight is 446 g/mol. The summed E-state index contributed by atoms with van der Waals surface area (Å²) in [7, 11) is -1.54. The number of hydrogen-bond donors (Lipinski definition) is 1. The first-order chi connectivity index (χ1) is 14.6. The van der Waals surface area contributed by atoms with Gasteiger partial charge in [-0.2, -0.15) is 4.31 Å². The van der Waals surface area contributed by atoms with Crippen LogP contribution in [-0.2, 0) is 20.2 Å². The van der Waals surface area contributed by atoms with Crippen LogP contribution >= 0.6 is 0 Å². The van der Waals surface area contributed by atoms with Crippen LogP contribution < -0.4 is 10.1 Å². The number of likely N-dealkylation sites (N-methyl/N-ethyl adjacent to an activating group) is 1. The Kier molecular flexibility index (Phi) is 7.03. The van der Waals surface area contributed by atoms with E-state index in [1.165, 1.54) is 22.0 Å². The molecule has 0 spiro atoms. The van der Waals surface area contributed by atoms with Crippen LogP contribution in [0.25, 0.3) is 0 Å². The van der Waals surface area contributed by atoms with Crippen molar-refractivity contribution in [3.8, 4) is 5.75 Å². The van der Waals surface area contributed by atoms with E-state index >= 15 is 0 Å². The maximum absolute atomic E-state index is 12.8. The lowest BCUT2D eigenvalue weighted by molar-refractivity contribution is -0.118. The molecule has 1 saturated heterocycles. The molecule has 1 heterocycles. The highest BCUT2D eigenvalue weighted by Gasteiger charge is 2.27. The third-order valence-electron chi connectivity index (χ3n) is 5.33. The molecule has 0 aliphatic carbocycles. The van der Waals surface area contributed by atoms with Crippen LogP contribution in [0.3, 0.4) is 0 Å². The lowest BCUT2D eigenvalue weighted by Gasteiger charge is -2.31. The number of anilines is 1. The van der Waals surface area contributed by atoms with Gasteiger partial charge in [0.25, 0.3) is 5.91 Å². The van der Waals surface area contributed by atoms with Gasteiger partial charge >= 0.3 is 0 Å². The van der Waals surface area contributed by atoms with Gasteiger partial charge in [0.05, 0.1) is 4.90 Å². The normalized spacial score (nSPS) is 16.1. The van der Waals surface area contributed by atoms with Crippen LogP contribution in [-0.4, -0.2) is 63.4 Å². The molecule has 31 heavy (non-hydrogen) atoms. The molecule has 2 aromatic carbocycles. The van der Waals surface area contributed by atoms with Crippen molar-refractivity contribution < 1.29 is 17.9 Å². The van der Waals surface area contributed by atoms with E-state index in [4.69, 9.17) is 4.74 Å². The molecule has 8 heteroatoms. The van der Waals surface area contributed by atoms with Crippen molar-refractivity contribution >= 4 is 21.6 Å². The zero-order valence-corrected chi connectivity index (χ0v) is 19.4. The van der Waals surface area contributed by atoms with Crippen LogP contribution in [0.2, 0.25) is 0 Å². The van der Waals surface area contributed by atoms with Gasteiger partial charge in [0.1, 0.15) is 5.75 Å². The van der Waals surface area contributed by atoms with Crippen molar-refractivity contribution in [2.45, 2.75) is 31.1 Å². The Morgan fingerprint density at radius 1 is 0.968 bits per heavy atom. The van der Waals surface area contributed by atoms with Crippen molar-refractivity contribution in [3.63, 3.8) is 0 Å². The monoisotopic (exact) mass is 445 g/mol. The van der Waals surface area contributed by atoms with E-state index in [0.29, 0.717) is 37.6 Å². The number of ether oxygens (including phenoxy) is 1. The molecule has 0 atom stereocenters. The molecule has 0 aromatic heterocycles. The van der Waals surface area contributed by atoms with Crippen LogP contribution in [0.15, 0.2) is 53.4 Å². The Morgan fingerprint density at radius 3 is 2.10 bits per heavy atom. The number of rotatable bonds is 6. The number of nitrogens with one attached hydrogen (secondary N) is 1. The van der Waals surface area contributed by atoms with Gasteiger partial charge in [0.15, 0.2) is 6.61 Å². The molecule has 0 saturated carbocycles. The molecular weight excluding hydrogens is 414 g/mol. The first kappa shape index (κ1) is 23.2. The number of nitrogens with zero attached hydrogens (tertiary/aromatic N) is 2. The molecular formula is C23H31N3O4S. The van der Waals surface area contributed by atoms with Gasteiger partial charge in [0, 0.05) is 31.9 Å². The van der Waals surface area contributed by atoms with Gasteiger partial charge < -0.3 is 15.0 Å². The number of amides is 1. The van der Waals surface area contributed by atoms with Crippen molar-refractivity contribution in [2.24, 2.45) is 0 Å². The second-order valence-corrected chi connectivity index (χ2v) is 10.8. The molecule has 2 aromatic rings. The maximum Gasteiger partial charge on any atom is 0.262 e. The second kappa shape index (κ2) is 9.38. The van der Waals surface area contributed by atoms with Crippen molar-refractivity contribution in [1.29, 1.82) is 0 Å². The molecule has 7 nitrogen and oxygen atoms in total. The van der Waals surface area contributed by atoms with Crippen molar-refractivity contribution in [3.05, 3.63) is 54.1 Å². The number of sulfonamides is 1. The fourth-order valence-corrected chi connectivity index (χ4v) is 4.71. The SMILES string of the molecule is CN1CCN(S(=O)(=O)c2ccc(NC(=O)COc3ccc(C(C)(C)C)cc3)cc2)CC1. The zero-order chi connectivity index (χ0) is 22.6. The van der Waals surface area contributed by atoms with Crippen molar-refractivity contribution in [2.75, 3.05) is 45.2 Å². The Bertz CT molecular complexity index is 989. The average Bonchev–Trinajstić information content (AvgIpc) is 2.73. The minimum absolute atomic E-state index is 0.0555. The van der Waals surface area contributed by atoms with Crippen LogP contribution in [0, 0.1) is 0 Å². The highest BCUT2D eigenvalue weighted by Crippen LogP contribution is 2.24. The van der Waals surface area contributed by atoms with Crippen LogP contribution in [0.4, 0.5) is 5.69 Å². The fourth-order valence-electron chi connectivity index (χ4n) is 3.28. The number of benzene rings is 2. The summed E-state index contributed by atoms with van der Waals surface area (Å²) in [4.78, 5) is 14.5. The molecule has 3 rings (SSSR count). The first-order valence-corrected chi connectivity index (χ1v) is 11.8. The first-order valence-electron chi connectivity index (χ1n) is 10.4. The third kappa shape index (κ3) is 6.06. The predicted molar refractivity (Wildman–Crippen MR) is 122 cm³/mol. The summed E-state index contributed by atoms with van der Waals surface area (Å²) in [6, 6.07) is 13.9. The molecule has 0 unspecified atom stereocenters. The zero-order valence-electron chi connectivity index (χ0n) is 18.6. The van der Waals surface area contributed by atoms with Crippen LogP contribution in [0.1, 0.15) is 26.3 Å². The minimum Gasteiger partial charge on any atom is -0.484 e. The summed E-state index contributed by atoms with van der Waals surface area (Å²) in [5, 5.41) is 2.73. The summed E-state index contributed by atoms with van der Waals surface area (Å²) in [5.41, 5.74) is 1.77. The number of piperazine rings is 1. The summed E-state index contributed by atoms with van der Waals surface area (Å²) in [6.45, 7) is 8.67. The number of carbonyl (C=O) groups excluding carboxylic acids is 1. The van der Waals surface area contributed by atoms with E-state index in [2.05, 4.69) is 31.0 Å². The highest BCUT2D eigenvalue weighted by atomic mass is 32.2. The Hall–Kier alpha value is -2.42. The smallest absolute Gasteiger partial charge is 0.262 e. The molecule has 0 radical (unpaired) electrons. The van der Waals surface area contributed by atoms with E-state index in [1.807, 2.05) is 31.3 Å². The fraction of sp³-hybridized carbons (Fsp3) is 0.435. The molecule has 1 aliphatic heterocycles. The van der Waals surface area contributed by atoms with Gasteiger partial charge in [-0.05, 0) is 54.4 Å². The molecule has 1 N–H and O–H groups in total. The summed E-state index contributed by atoms with van der Waals surface area (Å²) < 4.78 is 32.6. The topological polar surface area (TPSA) is 79.0 Å². The lowest BCUT2D eigenvalue weighted by atomic mass is 9.87. The van der Waals surface area contributed by atoms with E-state index in [-0.39, 0.29) is 22.8 Å². The lowest BCUT2D eigenvalue weighted by Crippen LogP contribution is -2.46. The second-order valence-electron chi connectivity index (χ2n) is 8.84. The Balaban J connectivity index is 1.54. The third-order valence-corrected chi connectivity index (χ3v) is 7.24. The van der Waals surface area contributed by atoms with Gasteiger partial charge in [-0.15, -0.1) is 0 Å². The van der Waals surface area contributed by atoms with Crippen molar-refractivity contribution in [1.82, 2.24) is 9.21 Å². The number of carbonyl (C=O) groups is 1. The minimum atomic E-state index is -3.52. The Morgan fingerprint density at radius 2 is 1.55 bits per heavy atom. The molecule has 1 fully saturated rings. The van der Waals surface area contributed by atoms with Crippen LogP contribution in [0.5, 0.6) is 5.75 Å². The maximum atomic E-state index is 12.8. The predicted octanol–water partition coefficient (Wildman–Crippen LogP) is 2.94. The van der Waals surface area contributed by atoms with E-state index in [1.54, 1.807) is 12.1 Å². The van der Waals surface area contributed by atoms with Gasteiger partial charge in [-0.25, -0.2) is 8.42 Å². The summed E-state index contributed by atoms with van der Waals surface area (Å²) in [6.07, 6.45) is 0. The Labute approximate surface area is 185 Å². The molecule has 1 aliphatic rings. The van der Waals surface area contributed by atoms with Gasteiger partial charge in [-0.1, -0.05) is 32.9 Å². The quantitative estimate of drug-likeness (QED) is 0.740. The van der Waals surface area contributed by atoms with Gasteiger partial charge in [-0.3, -0.25) is 4.79 Å².